The predicted molar refractivity (Wildman–Crippen MR) is 141 cm³/mol. The number of carboxylic acid groups (broad SMARTS) is 1. The van der Waals surface area contributed by atoms with E-state index in [2.05, 4.69) is 5.32 Å². The third-order valence-electron chi connectivity index (χ3n) is 6.74. The van der Waals surface area contributed by atoms with Crippen molar-refractivity contribution in [2.45, 2.75) is 37.9 Å². The van der Waals surface area contributed by atoms with Gasteiger partial charge in [-0.25, -0.2) is 0 Å². The molecule has 1 heterocycles. The van der Waals surface area contributed by atoms with Crippen molar-refractivity contribution < 1.29 is 27.9 Å². The van der Waals surface area contributed by atoms with Gasteiger partial charge in [0, 0.05) is 35.8 Å². The van der Waals surface area contributed by atoms with Gasteiger partial charge in [0.1, 0.15) is 0 Å². The van der Waals surface area contributed by atoms with Crippen molar-refractivity contribution in [3.05, 3.63) is 88.9 Å². The molecular weight excluding hydrogens is 517 g/mol. The number of aliphatic carboxylic acids is 1. The van der Waals surface area contributed by atoms with Crippen LogP contribution in [-0.2, 0) is 4.79 Å². The van der Waals surface area contributed by atoms with E-state index >= 15 is 0 Å². The monoisotopic (exact) mass is 544 g/mol. The quantitative estimate of drug-likeness (QED) is 0.309. The molecule has 2 N–H and O–H groups in total. The number of rotatable bonds is 8. The lowest BCUT2D eigenvalue weighted by Gasteiger charge is -2.30. The Bertz CT molecular complexity index is 1250. The molecule has 0 aromatic heterocycles. The van der Waals surface area contributed by atoms with E-state index in [1.54, 1.807) is 41.3 Å². The normalized spacial score (nSPS) is 16.6. The lowest BCUT2D eigenvalue weighted by molar-refractivity contribution is -0.143. The van der Waals surface area contributed by atoms with Crippen LogP contribution in [0, 0.1) is 5.92 Å². The van der Waals surface area contributed by atoms with Gasteiger partial charge in [0.15, 0.2) is 0 Å². The van der Waals surface area contributed by atoms with Gasteiger partial charge in [0.2, 0.25) is 0 Å². The van der Waals surface area contributed by atoms with Gasteiger partial charge in [-0.2, -0.15) is 13.2 Å². The largest absolute Gasteiger partial charge is 0.481 e. The SMILES string of the molecule is O=C(O)[C@@H]1CCCN(C(=O)c2ccc(NC(CCC(F)(F)F)c3ccc(-c4ccc(Cl)cc4)cc3)cc2)C1. The fraction of sp³-hybridized carbons (Fsp3) is 0.310. The second-order valence-electron chi connectivity index (χ2n) is 9.49. The van der Waals surface area contributed by atoms with Crippen molar-refractivity contribution >= 4 is 29.2 Å². The molecule has 3 aromatic carbocycles. The van der Waals surface area contributed by atoms with E-state index in [1.807, 2.05) is 36.4 Å². The highest BCUT2D eigenvalue weighted by atomic mass is 35.5. The maximum Gasteiger partial charge on any atom is 0.389 e. The standard InChI is InChI=1S/C29H28ClF3N2O3/c30-24-11-7-20(8-12-24)19-3-5-21(6-4-19)26(15-16-29(31,32)33)34-25-13-9-22(10-14-25)27(36)35-17-1-2-23(18-35)28(37)38/h3-14,23,26,34H,1-2,15-18H2,(H,37,38)/t23-,26?/m1/s1. The first-order valence-electron chi connectivity index (χ1n) is 12.4. The molecule has 9 heteroatoms. The molecule has 1 unspecified atom stereocenters. The number of carboxylic acids is 1. The zero-order valence-corrected chi connectivity index (χ0v) is 21.3. The number of amides is 1. The third-order valence-corrected chi connectivity index (χ3v) is 6.99. The molecule has 200 valence electrons. The van der Waals surface area contributed by atoms with E-state index in [9.17, 15) is 27.9 Å². The Kier molecular flexibility index (Phi) is 8.62. The molecule has 1 saturated heterocycles. The molecule has 0 radical (unpaired) electrons. The van der Waals surface area contributed by atoms with Crippen molar-refractivity contribution in [1.29, 1.82) is 0 Å². The van der Waals surface area contributed by atoms with E-state index in [4.69, 9.17) is 11.6 Å². The maximum atomic E-state index is 13.1. The minimum absolute atomic E-state index is 0.158. The number of nitrogens with one attached hydrogen (secondary N) is 1. The minimum Gasteiger partial charge on any atom is -0.481 e. The van der Waals surface area contributed by atoms with Gasteiger partial charge < -0.3 is 15.3 Å². The van der Waals surface area contributed by atoms with Gasteiger partial charge in [-0.05, 0) is 72.4 Å². The summed E-state index contributed by atoms with van der Waals surface area (Å²) >= 11 is 5.96. The number of halogens is 4. The first-order valence-corrected chi connectivity index (χ1v) is 12.8. The number of hydrogen-bond acceptors (Lipinski definition) is 3. The number of alkyl halides is 3. The van der Waals surface area contributed by atoms with Crippen LogP contribution in [0.4, 0.5) is 18.9 Å². The van der Waals surface area contributed by atoms with E-state index in [-0.39, 0.29) is 18.9 Å². The van der Waals surface area contributed by atoms with Crippen molar-refractivity contribution in [2.75, 3.05) is 18.4 Å². The number of carbonyl (C=O) groups is 2. The lowest BCUT2D eigenvalue weighted by Crippen LogP contribution is -2.42. The number of hydrogen-bond donors (Lipinski definition) is 2. The van der Waals surface area contributed by atoms with Gasteiger partial charge in [0.25, 0.3) is 5.91 Å². The molecule has 1 fully saturated rings. The Morgan fingerprint density at radius 1 is 0.974 bits per heavy atom. The van der Waals surface area contributed by atoms with Crippen LogP contribution >= 0.6 is 11.6 Å². The number of piperidine rings is 1. The van der Waals surface area contributed by atoms with E-state index in [1.165, 1.54) is 0 Å². The summed E-state index contributed by atoms with van der Waals surface area (Å²) < 4.78 is 39.2. The van der Waals surface area contributed by atoms with Gasteiger partial charge in [-0.1, -0.05) is 48.0 Å². The summed E-state index contributed by atoms with van der Waals surface area (Å²) in [4.78, 5) is 25.7. The second kappa shape index (κ2) is 11.9. The molecule has 3 aromatic rings. The molecule has 0 saturated carbocycles. The zero-order valence-electron chi connectivity index (χ0n) is 20.5. The fourth-order valence-corrected chi connectivity index (χ4v) is 4.76. The van der Waals surface area contributed by atoms with Crippen molar-refractivity contribution in [2.24, 2.45) is 5.92 Å². The summed E-state index contributed by atoms with van der Waals surface area (Å²) in [5.41, 5.74) is 3.56. The number of likely N-dealkylation sites (tertiary alicyclic amines) is 1. The summed E-state index contributed by atoms with van der Waals surface area (Å²) in [7, 11) is 0. The Morgan fingerprint density at radius 3 is 2.16 bits per heavy atom. The third kappa shape index (κ3) is 7.28. The smallest absolute Gasteiger partial charge is 0.389 e. The Hall–Kier alpha value is -3.52. The maximum absolute atomic E-state index is 13.1. The van der Waals surface area contributed by atoms with Crippen LogP contribution in [0.5, 0.6) is 0 Å². The summed E-state index contributed by atoms with van der Waals surface area (Å²) in [5, 5.41) is 13.1. The lowest BCUT2D eigenvalue weighted by atomic mass is 9.97. The average molecular weight is 545 g/mol. The zero-order chi connectivity index (χ0) is 27.3. The number of carbonyl (C=O) groups excluding carboxylic acids is 1. The first kappa shape index (κ1) is 27.5. The van der Waals surface area contributed by atoms with Gasteiger partial charge in [-0.3, -0.25) is 9.59 Å². The highest BCUT2D eigenvalue weighted by Crippen LogP contribution is 2.32. The van der Waals surface area contributed by atoms with Crippen molar-refractivity contribution in [3.8, 4) is 11.1 Å². The van der Waals surface area contributed by atoms with Crippen LogP contribution in [0.25, 0.3) is 11.1 Å². The van der Waals surface area contributed by atoms with Crippen LogP contribution in [0.3, 0.4) is 0 Å². The Balaban J connectivity index is 1.48. The minimum atomic E-state index is -4.29. The molecule has 0 spiro atoms. The van der Waals surface area contributed by atoms with Crippen LogP contribution in [0.1, 0.15) is 47.6 Å². The summed E-state index contributed by atoms with van der Waals surface area (Å²) in [6.07, 6.45) is -4.22. The van der Waals surface area contributed by atoms with E-state index in [0.717, 1.165) is 11.1 Å². The number of anilines is 1. The molecule has 0 aliphatic carbocycles. The van der Waals surface area contributed by atoms with Crippen LogP contribution in [0.2, 0.25) is 5.02 Å². The molecule has 5 nitrogen and oxygen atoms in total. The number of nitrogens with zero attached hydrogens (tertiary/aromatic N) is 1. The second-order valence-corrected chi connectivity index (χ2v) is 9.92. The van der Waals surface area contributed by atoms with Crippen molar-refractivity contribution in [3.63, 3.8) is 0 Å². The molecule has 2 atom stereocenters. The molecule has 1 aliphatic rings. The molecule has 1 aliphatic heterocycles. The molecule has 0 bridgehead atoms. The summed E-state index contributed by atoms with van der Waals surface area (Å²) in [6, 6.07) is 20.6. The topological polar surface area (TPSA) is 69.6 Å². The van der Waals surface area contributed by atoms with Gasteiger partial charge >= 0.3 is 12.1 Å². The molecule has 38 heavy (non-hydrogen) atoms. The van der Waals surface area contributed by atoms with E-state index < -0.39 is 30.5 Å². The average Bonchev–Trinajstić information content (AvgIpc) is 2.91. The van der Waals surface area contributed by atoms with Crippen molar-refractivity contribution in [1.82, 2.24) is 4.90 Å². The highest BCUT2D eigenvalue weighted by Gasteiger charge is 2.30. The Morgan fingerprint density at radius 2 is 1.58 bits per heavy atom. The predicted octanol–water partition coefficient (Wildman–Crippen LogP) is 7.44. The first-order chi connectivity index (χ1) is 18.1. The molecule has 1 amide bonds. The van der Waals surface area contributed by atoms with Gasteiger partial charge in [0.05, 0.1) is 12.0 Å². The van der Waals surface area contributed by atoms with Crippen LogP contribution < -0.4 is 5.32 Å². The molecular formula is C29H28ClF3N2O3. The fourth-order valence-electron chi connectivity index (χ4n) is 4.64. The molecule has 4 rings (SSSR count). The Labute approximate surface area is 224 Å². The van der Waals surface area contributed by atoms with Crippen LogP contribution in [-0.4, -0.2) is 41.1 Å². The summed E-state index contributed by atoms with van der Waals surface area (Å²) in [5.74, 6) is -1.74. The van der Waals surface area contributed by atoms with Crippen LogP contribution in [0.15, 0.2) is 72.8 Å². The number of benzene rings is 3. The summed E-state index contributed by atoms with van der Waals surface area (Å²) in [6.45, 7) is 0.661. The van der Waals surface area contributed by atoms with Gasteiger partial charge in [-0.15, -0.1) is 0 Å². The van der Waals surface area contributed by atoms with E-state index in [0.29, 0.717) is 41.2 Å². The highest BCUT2D eigenvalue weighted by molar-refractivity contribution is 6.30.